The van der Waals surface area contributed by atoms with Crippen LogP contribution >= 0.6 is 11.6 Å². The van der Waals surface area contributed by atoms with Crippen molar-refractivity contribution < 1.29 is 0 Å². The first kappa shape index (κ1) is 14.9. The lowest BCUT2D eigenvalue weighted by atomic mass is 10.1. The molecule has 8 heteroatoms. The highest BCUT2D eigenvalue weighted by molar-refractivity contribution is 6.32. The molecule has 3 heterocycles. The molecule has 122 valence electrons. The number of nitrogens with one attached hydrogen (secondary N) is 1. The fourth-order valence-electron chi connectivity index (χ4n) is 2.86. The summed E-state index contributed by atoms with van der Waals surface area (Å²) in [5.41, 5.74) is 0.883. The zero-order chi connectivity index (χ0) is 16.5. The second kappa shape index (κ2) is 6.09. The Kier molecular flexibility index (Phi) is 3.78. The van der Waals surface area contributed by atoms with Crippen LogP contribution in [-0.2, 0) is 13.0 Å². The van der Waals surface area contributed by atoms with Gasteiger partial charge in [-0.05, 0) is 18.6 Å². The molecular formula is C16H15ClN6O. The first-order valence-corrected chi connectivity index (χ1v) is 8.06. The van der Waals surface area contributed by atoms with Gasteiger partial charge in [0.15, 0.2) is 0 Å². The SMILES string of the molecule is O=c1c(Cl)c(NC2CCc3ncnn3C2)cnn1-c1ccccc1. The van der Waals surface area contributed by atoms with Crippen molar-refractivity contribution >= 4 is 17.3 Å². The van der Waals surface area contributed by atoms with E-state index in [1.807, 2.05) is 35.0 Å². The number of para-hydroxylation sites is 1. The number of fused-ring (bicyclic) bond motifs is 1. The minimum Gasteiger partial charge on any atom is -0.378 e. The second-order valence-corrected chi connectivity index (χ2v) is 6.04. The highest BCUT2D eigenvalue weighted by Gasteiger charge is 2.21. The molecular weight excluding hydrogens is 328 g/mol. The second-order valence-electron chi connectivity index (χ2n) is 5.66. The molecule has 0 bridgehead atoms. The van der Waals surface area contributed by atoms with E-state index in [9.17, 15) is 4.79 Å². The van der Waals surface area contributed by atoms with Gasteiger partial charge in [-0.1, -0.05) is 29.8 Å². The lowest BCUT2D eigenvalue weighted by molar-refractivity contribution is 0.441. The van der Waals surface area contributed by atoms with Crippen LogP contribution in [0.5, 0.6) is 0 Å². The van der Waals surface area contributed by atoms with Crippen LogP contribution in [0.3, 0.4) is 0 Å². The molecule has 0 amide bonds. The molecule has 0 radical (unpaired) electrons. The molecule has 0 spiro atoms. The molecule has 1 atom stereocenters. The molecule has 4 rings (SSSR count). The van der Waals surface area contributed by atoms with E-state index in [4.69, 9.17) is 11.6 Å². The van der Waals surface area contributed by atoms with E-state index in [1.54, 1.807) is 12.5 Å². The summed E-state index contributed by atoms with van der Waals surface area (Å²) in [5.74, 6) is 0.983. The third kappa shape index (κ3) is 2.67. The zero-order valence-corrected chi connectivity index (χ0v) is 13.5. The predicted octanol–water partition coefficient (Wildman–Crippen LogP) is 1.90. The summed E-state index contributed by atoms with van der Waals surface area (Å²) in [7, 11) is 0. The standard InChI is InChI=1S/C16H15ClN6O/c17-15-13(21-11-6-7-14-18-10-20-22(14)9-11)8-19-23(16(15)24)12-4-2-1-3-5-12/h1-5,8,10-11,21H,6-7,9H2. The Morgan fingerprint density at radius 2 is 2.04 bits per heavy atom. The van der Waals surface area contributed by atoms with Crippen LogP contribution in [0, 0.1) is 0 Å². The van der Waals surface area contributed by atoms with Gasteiger partial charge in [0.1, 0.15) is 17.2 Å². The smallest absolute Gasteiger partial charge is 0.292 e. The van der Waals surface area contributed by atoms with E-state index in [2.05, 4.69) is 20.5 Å². The van der Waals surface area contributed by atoms with Crippen molar-refractivity contribution in [3.8, 4) is 5.69 Å². The van der Waals surface area contributed by atoms with E-state index in [0.29, 0.717) is 17.9 Å². The van der Waals surface area contributed by atoms with Crippen molar-refractivity contribution in [3.05, 3.63) is 64.1 Å². The normalized spacial score (nSPS) is 16.6. The Morgan fingerprint density at radius 3 is 2.88 bits per heavy atom. The number of aromatic nitrogens is 5. The maximum absolute atomic E-state index is 12.5. The summed E-state index contributed by atoms with van der Waals surface area (Å²) >= 11 is 6.28. The number of hydrogen-bond donors (Lipinski definition) is 1. The van der Waals surface area contributed by atoms with Gasteiger partial charge in [-0.3, -0.25) is 4.79 Å². The van der Waals surface area contributed by atoms with Crippen LogP contribution < -0.4 is 10.9 Å². The molecule has 0 saturated carbocycles. The Balaban J connectivity index is 1.59. The summed E-state index contributed by atoms with van der Waals surface area (Å²) in [5, 5.41) is 11.9. The number of anilines is 1. The van der Waals surface area contributed by atoms with Crippen LogP contribution in [-0.4, -0.2) is 30.6 Å². The lowest BCUT2D eigenvalue weighted by Gasteiger charge is -2.24. The van der Waals surface area contributed by atoms with Gasteiger partial charge in [-0.2, -0.15) is 14.9 Å². The van der Waals surface area contributed by atoms with Crippen molar-refractivity contribution in [2.75, 3.05) is 5.32 Å². The van der Waals surface area contributed by atoms with Crippen LogP contribution in [0.2, 0.25) is 5.02 Å². The van der Waals surface area contributed by atoms with Crippen molar-refractivity contribution in [1.82, 2.24) is 24.5 Å². The number of nitrogens with zero attached hydrogens (tertiary/aromatic N) is 5. The zero-order valence-electron chi connectivity index (χ0n) is 12.8. The highest BCUT2D eigenvalue weighted by atomic mass is 35.5. The minimum atomic E-state index is -0.342. The summed E-state index contributed by atoms with van der Waals surface area (Å²) in [6.45, 7) is 0.688. The number of halogens is 1. The summed E-state index contributed by atoms with van der Waals surface area (Å²) in [4.78, 5) is 16.7. The Labute approximate surface area is 142 Å². The summed E-state index contributed by atoms with van der Waals surface area (Å²) in [6, 6.07) is 9.33. The molecule has 1 aromatic carbocycles. The monoisotopic (exact) mass is 342 g/mol. The van der Waals surface area contributed by atoms with E-state index in [1.165, 1.54) is 4.68 Å². The molecule has 0 saturated heterocycles. The minimum absolute atomic E-state index is 0.130. The van der Waals surface area contributed by atoms with Crippen molar-refractivity contribution in [2.45, 2.75) is 25.4 Å². The molecule has 7 nitrogen and oxygen atoms in total. The topological polar surface area (TPSA) is 77.6 Å². The molecule has 1 N–H and O–H groups in total. The quantitative estimate of drug-likeness (QED) is 0.786. The Hall–Kier alpha value is -2.67. The van der Waals surface area contributed by atoms with Crippen LogP contribution in [0.15, 0.2) is 47.7 Å². The average Bonchev–Trinajstić information content (AvgIpc) is 3.08. The maximum Gasteiger partial charge on any atom is 0.292 e. The van der Waals surface area contributed by atoms with E-state index < -0.39 is 0 Å². The van der Waals surface area contributed by atoms with E-state index in [0.717, 1.165) is 18.7 Å². The molecule has 1 aliphatic heterocycles. The van der Waals surface area contributed by atoms with Crippen LogP contribution in [0.4, 0.5) is 5.69 Å². The molecule has 0 aliphatic carbocycles. The lowest BCUT2D eigenvalue weighted by Crippen LogP contribution is -2.33. The average molecular weight is 343 g/mol. The van der Waals surface area contributed by atoms with Gasteiger partial charge >= 0.3 is 0 Å². The number of benzene rings is 1. The summed E-state index contributed by atoms with van der Waals surface area (Å²) in [6.07, 6.45) is 4.89. The van der Waals surface area contributed by atoms with Crippen molar-refractivity contribution in [2.24, 2.45) is 0 Å². The number of rotatable bonds is 3. The van der Waals surface area contributed by atoms with Gasteiger partial charge in [0.05, 0.1) is 24.1 Å². The maximum atomic E-state index is 12.5. The first-order valence-electron chi connectivity index (χ1n) is 7.69. The summed E-state index contributed by atoms with van der Waals surface area (Å²) < 4.78 is 3.16. The van der Waals surface area contributed by atoms with Gasteiger partial charge in [-0.15, -0.1) is 0 Å². The van der Waals surface area contributed by atoms with Gasteiger partial charge in [0.2, 0.25) is 0 Å². The third-order valence-electron chi connectivity index (χ3n) is 4.08. The molecule has 1 aliphatic rings. The third-order valence-corrected chi connectivity index (χ3v) is 4.45. The molecule has 0 fully saturated rings. The van der Waals surface area contributed by atoms with E-state index >= 15 is 0 Å². The molecule has 3 aromatic rings. The van der Waals surface area contributed by atoms with Crippen LogP contribution in [0.1, 0.15) is 12.2 Å². The van der Waals surface area contributed by atoms with Crippen molar-refractivity contribution in [1.29, 1.82) is 0 Å². The van der Waals surface area contributed by atoms with Gasteiger partial charge in [0.25, 0.3) is 5.56 Å². The number of hydrogen-bond acceptors (Lipinski definition) is 5. The molecule has 24 heavy (non-hydrogen) atoms. The van der Waals surface area contributed by atoms with Crippen LogP contribution in [0.25, 0.3) is 5.69 Å². The largest absolute Gasteiger partial charge is 0.378 e. The van der Waals surface area contributed by atoms with Gasteiger partial charge in [-0.25, -0.2) is 9.67 Å². The van der Waals surface area contributed by atoms with E-state index in [-0.39, 0.29) is 16.6 Å². The predicted molar refractivity (Wildman–Crippen MR) is 90.6 cm³/mol. The molecule has 1 unspecified atom stereocenters. The first-order chi connectivity index (χ1) is 11.7. The Morgan fingerprint density at radius 1 is 1.21 bits per heavy atom. The van der Waals surface area contributed by atoms with Gasteiger partial charge in [0, 0.05) is 12.5 Å². The highest BCUT2D eigenvalue weighted by Crippen LogP contribution is 2.21. The van der Waals surface area contributed by atoms with Crippen molar-refractivity contribution in [3.63, 3.8) is 0 Å². The molecule has 2 aromatic heterocycles. The van der Waals surface area contributed by atoms with Gasteiger partial charge < -0.3 is 5.32 Å². The fraction of sp³-hybridized carbons (Fsp3) is 0.250. The number of aryl methyl sites for hydroxylation is 1. The fourth-order valence-corrected chi connectivity index (χ4v) is 3.05. The Bertz CT molecular complexity index is 920.